The highest BCUT2D eigenvalue weighted by Crippen LogP contribution is 2.30. The number of thioether (sulfide) groups is 1. The number of nitrogens with zero attached hydrogens (tertiary/aromatic N) is 2. The molecule has 1 fully saturated rings. The van der Waals surface area contributed by atoms with Crippen LogP contribution in [0.4, 0.5) is 0 Å². The lowest BCUT2D eigenvalue weighted by Crippen LogP contribution is -2.29. The summed E-state index contributed by atoms with van der Waals surface area (Å²) in [4.78, 5) is 15.4. The zero-order chi connectivity index (χ0) is 14.7. The molecule has 0 radical (unpaired) electrons. The van der Waals surface area contributed by atoms with Gasteiger partial charge in [0.1, 0.15) is 0 Å². The molecule has 21 heavy (non-hydrogen) atoms. The van der Waals surface area contributed by atoms with E-state index in [2.05, 4.69) is 42.0 Å². The molecule has 2 aromatic rings. The summed E-state index contributed by atoms with van der Waals surface area (Å²) in [6.45, 7) is 5.10. The van der Waals surface area contributed by atoms with Crippen molar-refractivity contribution in [2.75, 3.05) is 18.8 Å². The van der Waals surface area contributed by atoms with E-state index in [-0.39, 0.29) is 5.91 Å². The third-order valence-electron chi connectivity index (χ3n) is 4.03. The van der Waals surface area contributed by atoms with Gasteiger partial charge in [-0.05, 0) is 25.3 Å². The van der Waals surface area contributed by atoms with Gasteiger partial charge in [0, 0.05) is 41.6 Å². The van der Waals surface area contributed by atoms with Gasteiger partial charge in [0.25, 0.3) is 0 Å². The predicted octanol–water partition coefficient (Wildman–Crippen LogP) is 3.77. The minimum Gasteiger partial charge on any atom is -0.346 e. The lowest BCUT2D eigenvalue weighted by Gasteiger charge is -2.14. The van der Waals surface area contributed by atoms with E-state index in [1.807, 2.05) is 4.90 Å². The molecule has 1 aliphatic rings. The number of aromatic nitrogens is 1. The van der Waals surface area contributed by atoms with Crippen LogP contribution in [0.2, 0.25) is 0 Å². The van der Waals surface area contributed by atoms with E-state index in [0.29, 0.717) is 5.75 Å². The molecule has 4 heteroatoms. The fourth-order valence-corrected chi connectivity index (χ4v) is 3.94. The predicted molar refractivity (Wildman–Crippen MR) is 88.8 cm³/mol. The molecule has 0 saturated carbocycles. The van der Waals surface area contributed by atoms with E-state index in [9.17, 15) is 4.79 Å². The first kappa shape index (κ1) is 14.5. The Balaban J connectivity index is 1.75. The molecule has 0 bridgehead atoms. The standard InChI is InChI=1S/C17H22N2OS/c1-2-9-19-12-16(14-7-3-4-8-15(14)19)21-13-17(20)18-10-5-6-11-18/h3-4,7-8,12H,2,5-6,9-11,13H2,1H3. The van der Waals surface area contributed by atoms with Crippen molar-refractivity contribution in [3.8, 4) is 0 Å². The van der Waals surface area contributed by atoms with Crippen molar-refractivity contribution in [2.24, 2.45) is 0 Å². The van der Waals surface area contributed by atoms with Crippen LogP contribution in [0.15, 0.2) is 35.4 Å². The molecular weight excluding hydrogens is 280 g/mol. The summed E-state index contributed by atoms with van der Waals surface area (Å²) in [5.41, 5.74) is 1.27. The van der Waals surface area contributed by atoms with E-state index < -0.39 is 0 Å². The van der Waals surface area contributed by atoms with Crippen molar-refractivity contribution < 1.29 is 4.79 Å². The van der Waals surface area contributed by atoms with Gasteiger partial charge in [0.2, 0.25) is 5.91 Å². The van der Waals surface area contributed by atoms with E-state index in [4.69, 9.17) is 0 Å². The number of amides is 1. The average molecular weight is 302 g/mol. The summed E-state index contributed by atoms with van der Waals surface area (Å²) >= 11 is 1.68. The van der Waals surface area contributed by atoms with E-state index >= 15 is 0 Å². The normalized spacial score (nSPS) is 15.0. The number of fused-ring (bicyclic) bond motifs is 1. The first-order chi connectivity index (χ1) is 10.3. The number of carbonyl (C=O) groups is 1. The Hall–Kier alpha value is -1.42. The lowest BCUT2D eigenvalue weighted by atomic mass is 10.2. The topological polar surface area (TPSA) is 25.2 Å². The van der Waals surface area contributed by atoms with Crippen molar-refractivity contribution in [1.82, 2.24) is 9.47 Å². The molecule has 2 heterocycles. The van der Waals surface area contributed by atoms with E-state index in [0.717, 1.165) is 38.9 Å². The number of carbonyl (C=O) groups excluding carboxylic acids is 1. The van der Waals surface area contributed by atoms with Crippen LogP contribution >= 0.6 is 11.8 Å². The summed E-state index contributed by atoms with van der Waals surface area (Å²) in [5, 5.41) is 1.27. The van der Waals surface area contributed by atoms with Crippen molar-refractivity contribution in [3.63, 3.8) is 0 Å². The highest BCUT2D eigenvalue weighted by Gasteiger charge is 2.18. The molecule has 0 aliphatic carbocycles. The Morgan fingerprint density at radius 3 is 2.76 bits per heavy atom. The highest BCUT2D eigenvalue weighted by atomic mass is 32.2. The lowest BCUT2D eigenvalue weighted by molar-refractivity contribution is -0.127. The second kappa shape index (κ2) is 6.56. The first-order valence-corrected chi connectivity index (χ1v) is 8.76. The van der Waals surface area contributed by atoms with E-state index in [1.54, 1.807) is 11.8 Å². The smallest absolute Gasteiger partial charge is 0.232 e. The third kappa shape index (κ3) is 3.10. The largest absolute Gasteiger partial charge is 0.346 e. The maximum atomic E-state index is 12.2. The minimum atomic E-state index is 0.282. The van der Waals surface area contributed by atoms with Crippen molar-refractivity contribution >= 4 is 28.6 Å². The molecule has 1 amide bonds. The molecule has 0 atom stereocenters. The highest BCUT2D eigenvalue weighted by molar-refractivity contribution is 8.00. The van der Waals surface area contributed by atoms with E-state index in [1.165, 1.54) is 15.8 Å². The number of benzene rings is 1. The number of hydrogen-bond donors (Lipinski definition) is 0. The molecule has 3 nitrogen and oxygen atoms in total. The van der Waals surface area contributed by atoms with Gasteiger partial charge in [-0.15, -0.1) is 11.8 Å². The van der Waals surface area contributed by atoms with Crippen LogP contribution in [0.5, 0.6) is 0 Å². The molecule has 1 aliphatic heterocycles. The molecule has 1 saturated heterocycles. The van der Waals surface area contributed by atoms with Crippen LogP contribution in [0, 0.1) is 0 Å². The quantitative estimate of drug-likeness (QED) is 0.786. The molecule has 1 aromatic carbocycles. The molecular formula is C17H22N2OS. The molecule has 1 aromatic heterocycles. The second-order valence-corrected chi connectivity index (χ2v) is 6.60. The van der Waals surface area contributed by atoms with Gasteiger partial charge in [-0.3, -0.25) is 4.79 Å². The third-order valence-corrected chi connectivity index (χ3v) is 5.05. The van der Waals surface area contributed by atoms with Crippen LogP contribution in [0.1, 0.15) is 26.2 Å². The zero-order valence-electron chi connectivity index (χ0n) is 12.5. The maximum Gasteiger partial charge on any atom is 0.232 e. The Bertz CT molecular complexity index is 629. The average Bonchev–Trinajstić information content (AvgIpc) is 3.14. The molecule has 0 spiro atoms. The van der Waals surface area contributed by atoms with Gasteiger partial charge in [-0.1, -0.05) is 25.1 Å². The Morgan fingerprint density at radius 1 is 1.24 bits per heavy atom. The Kier molecular flexibility index (Phi) is 4.54. The monoisotopic (exact) mass is 302 g/mol. The van der Waals surface area contributed by atoms with Gasteiger partial charge >= 0.3 is 0 Å². The van der Waals surface area contributed by atoms with Crippen molar-refractivity contribution in [1.29, 1.82) is 0 Å². The van der Waals surface area contributed by atoms with Gasteiger partial charge in [0.15, 0.2) is 0 Å². The van der Waals surface area contributed by atoms with Crippen LogP contribution in [0.25, 0.3) is 10.9 Å². The molecule has 112 valence electrons. The fourth-order valence-electron chi connectivity index (χ4n) is 2.95. The summed E-state index contributed by atoms with van der Waals surface area (Å²) in [5.74, 6) is 0.838. The number of likely N-dealkylation sites (tertiary alicyclic amines) is 1. The van der Waals surface area contributed by atoms with Crippen LogP contribution in [-0.4, -0.2) is 34.2 Å². The van der Waals surface area contributed by atoms with Crippen molar-refractivity contribution in [2.45, 2.75) is 37.6 Å². The summed E-state index contributed by atoms with van der Waals surface area (Å²) < 4.78 is 2.30. The minimum absolute atomic E-state index is 0.282. The van der Waals surface area contributed by atoms with Gasteiger partial charge in [-0.25, -0.2) is 0 Å². The Labute approximate surface area is 130 Å². The summed E-state index contributed by atoms with van der Waals surface area (Å²) in [6, 6.07) is 8.48. The molecule has 0 N–H and O–H groups in total. The number of hydrogen-bond acceptors (Lipinski definition) is 2. The van der Waals surface area contributed by atoms with Gasteiger partial charge in [-0.2, -0.15) is 0 Å². The summed E-state index contributed by atoms with van der Waals surface area (Å²) in [7, 11) is 0. The first-order valence-electron chi connectivity index (χ1n) is 7.78. The van der Waals surface area contributed by atoms with Crippen LogP contribution < -0.4 is 0 Å². The van der Waals surface area contributed by atoms with Crippen LogP contribution in [0.3, 0.4) is 0 Å². The summed E-state index contributed by atoms with van der Waals surface area (Å²) in [6.07, 6.45) is 5.64. The molecule has 3 rings (SSSR count). The second-order valence-electron chi connectivity index (χ2n) is 5.58. The molecule has 0 unspecified atom stereocenters. The number of rotatable bonds is 5. The number of aryl methyl sites for hydroxylation is 1. The fraction of sp³-hybridized carbons (Fsp3) is 0.471. The Morgan fingerprint density at radius 2 is 2.00 bits per heavy atom. The SMILES string of the molecule is CCCn1cc(SCC(=O)N2CCCC2)c2ccccc21. The van der Waals surface area contributed by atoms with Gasteiger partial charge in [0.05, 0.1) is 5.75 Å². The zero-order valence-corrected chi connectivity index (χ0v) is 13.4. The van der Waals surface area contributed by atoms with Crippen LogP contribution in [-0.2, 0) is 11.3 Å². The van der Waals surface area contributed by atoms with Gasteiger partial charge < -0.3 is 9.47 Å². The maximum absolute atomic E-state index is 12.2. The number of para-hydroxylation sites is 1. The van der Waals surface area contributed by atoms with Crippen molar-refractivity contribution in [3.05, 3.63) is 30.5 Å².